The minimum Gasteiger partial charge on any atom is -0.383 e. The van der Waals surface area contributed by atoms with Crippen LogP contribution in [0.2, 0.25) is 0 Å². The van der Waals surface area contributed by atoms with Crippen molar-refractivity contribution in [1.82, 2.24) is 15.5 Å². The molecule has 0 atom stereocenters. The largest absolute Gasteiger partial charge is 0.383 e. The fourth-order valence-corrected chi connectivity index (χ4v) is 2.67. The van der Waals surface area contributed by atoms with E-state index < -0.39 is 4.92 Å². The van der Waals surface area contributed by atoms with Crippen LogP contribution in [0.3, 0.4) is 0 Å². The van der Waals surface area contributed by atoms with Gasteiger partial charge in [-0.05, 0) is 18.5 Å². The number of nitro benzene ring substituents is 1. The predicted octanol–water partition coefficient (Wildman–Crippen LogP) is 0.999. The van der Waals surface area contributed by atoms with Gasteiger partial charge < -0.3 is 20.1 Å². The van der Waals surface area contributed by atoms with Gasteiger partial charge in [0.1, 0.15) is 0 Å². The molecular formula is C18H29N5O4. The zero-order valence-corrected chi connectivity index (χ0v) is 15.9. The van der Waals surface area contributed by atoms with Crippen LogP contribution in [-0.2, 0) is 16.0 Å². The van der Waals surface area contributed by atoms with Crippen LogP contribution in [0.1, 0.15) is 12.0 Å². The SMILES string of the molecule is COCCNC(=NCc1ccc([N+](=O)[O-])cc1)NCCCN1CCOCC1. The van der Waals surface area contributed by atoms with Gasteiger partial charge in [0.05, 0.1) is 31.3 Å². The zero-order chi connectivity index (χ0) is 19.3. The van der Waals surface area contributed by atoms with Crippen molar-refractivity contribution in [1.29, 1.82) is 0 Å². The summed E-state index contributed by atoms with van der Waals surface area (Å²) in [5, 5.41) is 17.3. The van der Waals surface area contributed by atoms with Gasteiger partial charge in [-0.1, -0.05) is 12.1 Å². The van der Waals surface area contributed by atoms with Gasteiger partial charge in [-0.25, -0.2) is 4.99 Å². The first-order valence-electron chi connectivity index (χ1n) is 9.23. The first-order valence-corrected chi connectivity index (χ1v) is 9.23. The smallest absolute Gasteiger partial charge is 0.269 e. The minimum absolute atomic E-state index is 0.0856. The molecule has 2 rings (SSSR count). The number of ether oxygens (including phenoxy) is 2. The molecule has 9 heteroatoms. The van der Waals surface area contributed by atoms with Gasteiger partial charge in [0.2, 0.25) is 0 Å². The average Bonchev–Trinajstić information content (AvgIpc) is 2.70. The monoisotopic (exact) mass is 379 g/mol. The molecule has 1 aliphatic heterocycles. The Balaban J connectivity index is 1.80. The van der Waals surface area contributed by atoms with E-state index in [0.717, 1.165) is 51.4 Å². The molecule has 0 bridgehead atoms. The maximum Gasteiger partial charge on any atom is 0.269 e. The van der Waals surface area contributed by atoms with Crippen molar-refractivity contribution in [3.63, 3.8) is 0 Å². The van der Waals surface area contributed by atoms with Crippen LogP contribution in [0.15, 0.2) is 29.3 Å². The molecule has 0 amide bonds. The van der Waals surface area contributed by atoms with E-state index in [2.05, 4.69) is 20.5 Å². The van der Waals surface area contributed by atoms with Crippen LogP contribution in [0.25, 0.3) is 0 Å². The number of nitro groups is 1. The molecule has 150 valence electrons. The van der Waals surface area contributed by atoms with Gasteiger partial charge in [0, 0.05) is 45.4 Å². The number of benzene rings is 1. The summed E-state index contributed by atoms with van der Waals surface area (Å²) in [4.78, 5) is 17.3. The van der Waals surface area contributed by atoms with Crippen molar-refractivity contribution in [2.24, 2.45) is 4.99 Å². The molecule has 0 saturated carbocycles. The predicted molar refractivity (Wildman–Crippen MR) is 104 cm³/mol. The van der Waals surface area contributed by atoms with Crippen LogP contribution in [-0.4, -0.2) is 75.4 Å². The van der Waals surface area contributed by atoms with Crippen molar-refractivity contribution in [3.8, 4) is 0 Å². The fourth-order valence-electron chi connectivity index (χ4n) is 2.67. The molecule has 1 saturated heterocycles. The molecule has 9 nitrogen and oxygen atoms in total. The molecule has 1 aromatic rings. The van der Waals surface area contributed by atoms with E-state index in [-0.39, 0.29) is 5.69 Å². The second-order valence-electron chi connectivity index (χ2n) is 6.24. The molecule has 1 aromatic carbocycles. The normalized spacial score (nSPS) is 15.5. The number of hydrogen-bond donors (Lipinski definition) is 2. The highest BCUT2D eigenvalue weighted by molar-refractivity contribution is 5.79. The summed E-state index contributed by atoms with van der Waals surface area (Å²) in [6.07, 6.45) is 1.02. The number of guanidine groups is 1. The maximum atomic E-state index is 10.7. The van der Waals surface area contributed by atoms with Crippen LogP contribution in [0, 0.1) is 10.1 Å². The lowest BCUT2D eigenvalue weighted by Gasteiger charge is -2.26. The summed E-state index contributed by atoms with van der Waals surface area (Å²) in [7, 11) is 1.66. The van der Waals surface area contributed by atoms with E-state index in [1.165, 1.54) is 12.1 Å². The average molecular weight is 379 g/mol. The lowest BCUT2D eigenvalue weighted by molar-refractivity contribution is -0.384. The van der Waals surface area contributed by atoms with Gasteiger partial charge in [0.25, 0.3) is 5.69 Å². The van der Waals surface area contributed by atoms with E-state index in [4.69, 9.17) is 9.47 Å². The topological polar surface area (TPSA) is 101 Å². The Kier molecular flexibility index (Phi) is 9.53. The third-order valence-electron chi connectivity index (χ3n) is 4.21. The second kappa shape index (κ2) is 12.2. The molecule has 0 aromatic heterocycles. The first kappa shape index (κ1) is 21.1. The van der Waals surface area contributed by atoms with Crippen molar-refractivity contribution >= 4 is 11.6 Å². The van der Waals surface area contributed by atoms with Crippen molar-refractivity contribution < 1.29 is 14.4 Å². The van der Waals surface area contributed by atoms with Crippen LogP contribution in [0.5, 0.6) is 0 Å². The van der Waals surface area contributed by atoms with E-state index in [1.807, 2.05) is 0 Å². The highest BCUT2D eigenvalue weighted by Crippen LogP contribution is 2.12. The molecule has 1 aliphatic rings. The van der Waals surface area contributed by atoms with Crippen molar-refractivity contribution in [2.45, 2.75) is 13.0 Å². The number of methoxy groups -OCH3 is 1. The van der Waals surface area contributed by atoms with Crippen molar-refractivity contribution in [2.75, 3.05) is 59.7 Å². The standard InChI is InChI=1S/C18H29N5O4/c1-26-12-8-20-18(19-7-2-9-22-10-13-27-14-11-22)21-15-16-3-5-17(6-4-16)23(24)25/h3-6H,2,7-15H2,1H3,(H2,19,20,21). The number of non-ortho nitro benzene ring substituents is 1. The molecule has 1 fully saturated rings. The third-order valence-corrected chi connectivity index (χ3v) is 4.21. The van der Waals surface area contributed by atoms with Crippen LogP contribution < -0.4 is 10.6 Å². The first-order chi connectivity index (χ1) is 13.2. The highest BCUT2D eigenvalue weighted by Gasteiger charge is 2.09. The van der Waals surface area contributed by atoms with Crippen molar-refractivity contribution in [3.05, 3.63) is 39.9 Å². The lowest BCUT2D eigenvalue weighted by Crippen LogP contribution is -2.41. The molecular weight excluding hydrogens is 350 g/mol. The summed E-state index contributed by atoms with van der Waals surface area (Å²) in [5.74, 6) is 0.715. The molecule has 0 unspecified atom stereocenters. The Bertz CT molecular complexity index is 588. The number of hydrogen-bond acceptors (Lipinski definition) is 6. The van der Waals surface area contributed by atoms with E-state index >= 15 is 0 Å². The van der Waals surface area contributed by atoms with Gasteiger partial charge in [0.15, 0.2) is 5.96 Å². The molecule has 0 aliphatic carbocycles. The number of nitrogens with zero attached hydrogens (tertiary/aromatic N) is 3. The summed E-state index contributed by atoms with van der Waals surface area (Å²) in [6.45, 7) is 7.16. The molecule has 1 heterocycles. The highest BCUT2D eigenvalue weighted by atomic mass is 16.6. The van der Waals surface area contributed by atoms with Crippen LogP contribution in [0.4, 0.5) is 5.69 Å². The molecule has 0 spiro atoms. The number of aliphatic imine (C=N–C) groups is 1. The van der Waals surface area contributed by atoms with Gasteiger partial charge >= 0.3 is 0 Å². The minimum atomic E-state index is -0.402. The summed E-state index contributed by atoms with van der Waals surface area (Å²) in [6, 6.07) is 6.46. The van der Waals surface area contributed by atoms with Crippen LogP contribution >= 0.6 is 0 Å². The van der Waals surface area contributed by atoms with E-state index in [0.29, 0.717) is 25.7 Å². The number of nitrogens with one attached hydrogen (secondary N) is 2. The zero-order valence-electron chi connectivity index (χ0n) is 15.9. The third kappa shape index (κ3) is 8.33. The van der Waals surface area contributed by atoms with Gasteiger partial charge in [-0.15, -0.1) is 0 Å². The van der Waals surface area contributed by atoms with Gasteiger partial charge in [-0.2, -0.15) is 0 Å². The van der Waals surface area contributed by atoms with E-state index in [9.17, 15) is 10.1 Å². The number of morpholine rings is 1. The summed E-state index contributed by atoms with van der Waals surface area (Å²) >= 11 is 0. The Morgan fingerprint density at radius 3 is 2.63 bits per heavy atom. The Hall–Kier alpha value is -2.23. The maximum absolute atomic E-state index is 10.7. The van der Waals surface area contributed by atoms with E-state index in [1.54, 1.807) is 19.2 Å². The lowest BCUT2D eigenvalue weighted by atomic mass is 10.2. The number of rotatable bonds is 10. The summed E-state index contributed by atoms with van der Waals surface area (Å²) in [5.41, 5.74) is 1.00. The molecule has 0 radical (unpaired) electrons. The van der Waals surface area contributed by atoms with Gasteiger partial charge in [-0.3, -0.25) is 15.0 Å². The Labute approximate surface area is 159 Å². The Morgan fingerprint density at radius 2 is 1.96 bits per heavy atom. The summed E-state index contributed by atoms with van der Waals surface area (Å²) < 4.78 is 10.4. The fraction of sp³-hybridized carbons (Fsp3) is 0.611. The Morgan fingerprint density at radius 1 is 1.26 bits per heavy atom. The molecule has 27 heavy (non-hydrogen) atoms. The quantitative estimate of drug-likeness (QED) is 0.206. The second-order valence-corrected chi connectivity index (χ2v) is 6.24. The molecule has 2 N–H and O–H groups in total.